The Morgan fingerprint density at radius 2 is 1.92 bits per heavy atom. The van der Waals surface area contributed by atoms with Gasteiger partial charge in [0.15, 0.2) is 17.3 Å². The number of aliphatic hydroxyl groups is 1. The molecular weight excluding hydrogens is 313 g/mol. The number of halogens is 1. The predicted molar refractivity (Wildman–Crippen MR) is 86.4 cm³/mol. The summed E-state index contributed by atoms with van der Waals surface area (Å²) in [7, 11) is 3.06. The molecule has 1 aromatic heterocycles. The van der Waals surface area contributed by atoms with E-state index < -0.39 is 5.82 Å². The highest BCUT2D eigenvalue weighted by Crippen LogP contribution is 2.41. The van der Waals surface area contributed by atoms with Crippen molar-refractivity contribution in [3.05, 3.63) is 53.8 Å². The molecule has 5 nitrogen and oxygen atoms in total. The van der Waals surface area contributed by atoms with Gasteiger partial charge in [0.1, 0.15) is 11.5 Å². The van der Waals surface area contributed by atoms with Gasteiger partial charge in [-0.15, -0.1) is 0 Å². The molecule has 124 valence electrons. The lowest BCUT2D eigenvalue weighted by Crippen LogP contribution is -1.95. The zero-order chi connectivity index (χ0) is 17.1. The summed E-state index contributed by atoms with van der Waals surface area (Å²) in [5.74, 6) is 0.938. The van der Waals surface area contributed by atoms with Crippen molar-refractivity contribution in [2.45, 2.75) is 6.61 Å². The van der Waals surface area contributed by atoms with Gasteiger partial charge in [-0.05, 0) is 24.3 Å². The third-order valence-corrected chi connectivity index (χ3v) is 3.69. The maximum atomic E-state index is 13.5. The number of para-hydroxylation sites is 1. The number of rotatable bonds is 5. The second-order valence-corrected chi connectivity index (χ2v) is 5.05. The lowest BCUT2D eigenvalue weighted by molar-refractivity contribution is 0.281. The third kappa shape index (κ3) is 2.72. The molecule has 0 bridgehead atoms. The number of benzene rings is 2. The summed E-state index contributed by atoms with van der Waals surface area (Å²) in [5, 5.41) is 13.9. The first kappa shape index (κ1) is 16.0. The van der Waals surface area contributed by atoms with Crippen LogP contribution in [0.5, 0.6) is 11.5 Å². The summed E-state index contributed by atoms with van der Waals surface area (Å²) in [6.07, 6.45) is 0. The van der Waals surface area contributed by atoms with Crippen LogP contribution in [0.1, 0.15) is 5.56 Å². The van der Waals surface area contributed by atoms with Crippen LogP contribution in [0.2, 0.25) is 0 Å². The first-order valence-electron chi connectivity index (χ1n) is 7.26. The molecule has 0 aliphatic heterocycles. The second-order valence-electron chi connectivity index (χ2n) is 5.05. The Hall–Kier alpha value is -2.86. The maximum absolute atomic E-state index is 13.5. The molecule has 1 heterocycles. The van der Waals surface area contributed by atoms with Crippen LogP contribution in [0.3, 0.4) is 0 Å². The van der Waals surface area contributed by atoms with Crippen LogP contribution in [0.15, 0.2) is 47.0 Å². The highest BCUT2D eigenvalue weighted by molar-refractivity contribution is 5.78. The number of hydrogen-bond donors (Lipinski definition) is 1. The topological polar surface area (TPSA) is 64.7 Å². The van der Waals surface area contributed by atoms with E-state index >= 15 is 0 Å². The summed E-state index contributed by atoms with van der Waals surface area (Å²) in [4.78, 5) is 0. The van der Waals surface area contributed by atoms with Crippen LogP contribution in [-0.2, 0) is 6.61 Å². The molecule has 0 radical (unpaired) electrons. The molecule has 0 amide bonds. The van der Waals surface area contributed by atoms with Gasteiger partial charge in [-0.2, -0.15) is 0 Å². The van der Waals surface area contributed by atoms with E-state index in [0.29, 0.717) is 39.6 Å². The van der Waals surface area contributed by atoms with Gasteiger partial charge in [0, 0.05) is 5.56 Å². The lowest BCUT2D eigenvalue weighted by atomic mass is 10.0. The Bertz CT molecular complexity index is 860. The average Bonchev–Trinajstić information content (AvgIpc) is 3.04. The van der Waals surface area contributed by atoms with Crippen molar-refractivity contribution < 1.29 is 23.5 Å². The van der Waals surface area contributed by atoms with E-state index in [-0.39, 0.29) is 6.61 Å². The molecule has 0 saturated carbocycles. The van der Waals surface area contributed by atoms with E-state index in [9.17, 15) is 9.50 Å². The number of methoxy groups -OCH3 is 2. The molecule has 0 fully saturated rings. The minimum Gasteiger partial charge on any atom is -0.493 e. The van der Waals surface area contributed by atoms with Gasteiger partial charge in [-0.25, -0.2) is 4.39 Å². The SMILES string of the molecule is COc1cccc(-c2noc(-c3cccc(F)c3)c2CO)c1OC. The fourth-order valence-corrected chi connectivity index (χ4v) is 2.60. The largest absolute Gasteiger partial charge is 0.493 e. The minimum atomic E-state index is -0.395. The van der Waals surface area contributed by atoms with E-state index in [0.717, 1.165) is 0 Å². The maximum Gasteiger partial charge on any atom is 0.173 e. The summed E-state index contributed by atoms with van der Waals surface area (Å²) in [5.41, 5.74) is 1.99. The molecule has 0 atom stereocenters. The fraction of sp³-hybridized carbons (Fsp3) is 0.167. The quantitative estimate of drug-likeness (QED) is 0.774. The van der Waals surface area contributed by atoms with Crippen molar-refractivity contribution >= 4 is 0 Å². The molecule has 24 heavy (non-hydrogen) atoms. The Labute approximate surface area is 138 Å². The van der Waals surface area contributed by atoms with E-state index in [2.05, 4.69) is 5.16 Å². The highest BCUT2D eigenvalue weighted by Gasteiger charge is 2.22. The summed E-state index contributed by atoms with van der Waals surface area (Å²) in [6.45, 7) is -0.314. The molecule has 3 aromatic rings. The van der Waals surface area contributed by atoms with Crippen LogP contribution < -0.4 is 9.47 Å². The standard InChI is InChI=1S/C18H16FNO4/c1-22-15-8-4-7-13(18(15)23-2)16-14(10-21)17(24-20-16)11-5-3-6-12(19)9-11/h3-9,21H,10H2,1-2H3. The molecular formula is C18H16FNO4. The van der Waals surface area contributed by atoms with Crippen molar-refractivity contribution in [1.82, 2.24) is 5.16 Å². The zero-order valence-electron chi connectivity index (χ0n) is 13.2. The number of ether oxygens (including phenoxy) is 2. The van der Waals surface area contributed by atoms with E-state index in [4.69, 9.17) is 14.0 Å². The van der Waals surface area contributed by atoms with E-state index in [1.807, 2.05) is 0 Å². The fourth-order valence-electron chi connectivity index (χ4n) is 2.60. The van der Waals surface area contributed by atoms with Crippen LogP contribution in [0.25, 0.3) is 22.6 Å². The Morgan fingerprint density at radius 3 is 2.58 bits per heavy atom. The Balaban J connectivity index is 2.18. The number of nitrogens with zero attached hydrogens (tertiary/aromatic N) is 1. The molecule has 0 aliphatic rings. The molecule has 1 N–H and O–H groups in total. The van der Waals surface area contributed by atoms with Crippen LogP contribution in [0, 0.1) is 5.82 Å². The van der Waals surface area contributed by atoms with Crippen molar-refractivity contribution in [1.29, 1.82) is 0 Å². The van der Waals surface area contributed by atoms with Gasteiger partial charge in [-0.1, -0.05) is 23.4 Å². The molecule has 2 aromatic carbocycles. The number of hydrogen-bond acceptors (Lipinski definition) is 5. The normalized spacial score (nSPS) is 10.7. The van der Waals surface area contributed by atoms with E-state index in [1.165, 1.54) is 26.4 Å². The molecule has 0 unspecified atom stereocenters. The Kier molecular flexibility index (Phi) is 4.48. The average molecular weight is 329 g/mol. The van der Waals surface area contributed by atoms with Gasteiger partial charge < -0.3 is 19.1 Å². The molecule has 3 rings (SSSR count). The number of aliphatic hydroxyl groups excluding tert-OH is 1. The molecule has 6 heteroatoms. The summed E-state index contributed by atoms with van der Waals surface area (Å²) in [6, 6.07) is 11.3. The van der Waals surface area contributed by atoms with E-state index in [1.54, 1.807) is 30.3 Å². The van der Waals surface area contributed by atoms with Crippen molar-refractivity contribution in [3.63, 3.8) is 0 Å². The molecule has 0 aliphatic carbocycles. The molecule has 0 spiro atoms. The van der Waals surface area contributed by atoms with Gasteiger partial charge in [0.2, 0.25) is 0 Å². The smallest absolute Gasteiger partial charge is 0.173 e. The van der Waals surface area contributed by atoms with Crippen LogP contribution >= 0.6 is 0 Å². The predicted octanol–water partition coefficient (Wildman–Crippen LogP) is 3.66. The van der Waals surface area contributed by atoms with Crippen molar-refractivity contribution in [2.24, 2.45) is 0 Å². The van der Waals surface area contributed by atoms with Crippen molar-refractivity contribution in [3.8, 4) is 34.1 Å². The van der Waals surface area contributed by atoms with Gasteiger partial charge in [-0.3, -0.25) is 0 Å². The Morgan fingerprint density at radius 1 is 1.12 bits per heavy atom. The lowest BCUT2D eigenvalue weighted by Gasteiger charge is -2.11. The monoisotopic (exact) mass is 329 g/mol. The number of aromatic nitrogens is 1. The first-order chi connectivity index (χ1) is 11.7. The van der Waals surface area contributed by atoms with Gasteiger partial charge >= 0.3 is 0 Å². The summed E-state index contributed by atoms with van der Waals surface area (Å²) >= 11 is 0. The van der Waals surface area contributed by atoms with Gasteiger partial charge in [0.05, 0.1) is 32.0 Å². The third-order valence-electron chi connectivity index (χ3n) is 3.69. The van der Waals surface area contributed by atoms with Crippen molar-refractivity contribution in [2.75, 3.05) is 14.2 Å². The zero-order valence-corrected chi connectivity index (χ0v) is 13.2. The molecule has 0 saturated heterocycles. The first-order valence-corrected chi connectivity index (χ1v) is 7.26. The highest BCUT2D eigenvalue weighted by atomic mass is 19.1. The van der Waals surface area contributed by atoms with Crippen LogP contribution in [-0.4, -0.2) is 24.5 Å². The van der Waals surface area contributed by atoms with Crippen LogP contribution in [0.4, 0.5) is 4.39 Å². The minimum absolute atomic E-state index is 0.314. The second kappa shape index (κ2) is 6.72. The summed E-state index contributed by atoms with van der Waals surface area (Å²) < 4.78 is 29.5. The van der Waals surface area contributed by atoms with Gasteiger partial charge in [0.25, 0.3) is 0 Å².